The van der Waals surface area contributed by atoms with Crippen molar-refractivity contribution in [3.63, 3.8) is 0 Å². The molecule has 2 aromatic carbocycles. The molecule has 0 spiro atoms. The van der Waals surface area contributed by atoms with Gasteiger partial charge in [0.15, 0.2) is 11.6 Å². The van der Waals surface area contributed by atoms with Crippen LogP contribution in [-0.4, -0.2) is 71.8 Å². The largest absolute Gasteiger partial charge is 0.484 e. The lowest BCUT2D eigenvalue weighted by Crippen LogP contribution is -2.41. The highest BCUT2D eigenvalue weighted by Crippen LogP contribution is 2.30. The summed E-state index contributed by atoms with van der Waals surface area (Å²) in [5, 5.41) is 2.75. The Morgan fingerprint density at radius 1 is 1.05 bits per heavy atom. The Labute approximate surface area is 216 Å². The molecule has 196 valence electrons. The number of para-hydroxylation sites is 1. The van der Waals surface area contributed by atoms with E-state index in [-0.39, 0.29) is 43.0 Å². The van der Waals surface area contributed by atoms with Crippen LogP contribution in [0.4, 0.5) is 0 Å². The maximum Gasteiger partial charge on any atom is 0.262 e. The monoisotopic (exact) mass is 525 g/mol. The van der Waals surface area contributed by atoms with E-state index >= 15 is 0 Å². The van der Waals surface area contributed by atoms with Crippen LogP contribution in [0.15, 0.2) is 78.2 Å². The summed E-state index contributed by atoms with van der Waals surface area (Å²) in [7, 11) is -2.34. The number of nitrogens with zero attached hydrogens (tertiary/aromatic N) is 4. The van der Waals surface area contributed by atoms with E-state index in [1.165, 1.54) is 16.8 Å². The van der Waals surface area contributed by atoms with Crippen molar-refractivity contribution in [2.75, 3.05) is 32.8 Å². The number of carbonyl (C=O) groups is 2. The van der Waals surface area contributed by atoms with Crippen LogP contribution in [0.5, 0.6) is 5.75 Å². The van der Waals surface area contributed by atoms with Gasteiger partial charge in [-0.25, -0.2) is 13.4 Å². The predicted octanol–water partition coefficient (Wildman–Crippen LogP) is 1.97. The minimum Gasteiger partial charge on any atom is -0.484 e. The third-order valence-electron chi connectivity index (χ3n) is 6.13. The van der Waals surface area contributed by atoms with Crippen molar-refractivity contribution < 1.29 is 22.7 Å². The van der Waals surface area contributed by atoms with Crippen LogP contribution < -0.4 is 10.1 Å². The number of hydrogen-bond donors (Lipinski definition) is 1. The quantitative estimate of drug-likeness (QED) is 0.527. The fraction of sp³-hybridized carbons (Fsp3) is 0.346. The molecule has 1 aliphatic rings. The van der Waals surface area contributed by atoms with Gasteiger partial charge < -0.3 is 19.5 Å². The molecule has 2 amide bonds. The number of amides is 2. The minimum atomic E-state index is -4.03. The highest BCUT2D eigenvalue weighted by Gasteiger charge is 2.35. The van der Waals surface area contributed by atoms with E-state index < -0.39 is 16.1 Å². The van der Waals surface area contributed by atoms with Gasteiger partial charge in [-0.3, -0.25) is 9.59 Å². The van der Waals surface area contributed by atoms with E-state index in [9.17, 15) is 18.0 Å². The van der Waals surface area contributed by atoms with Crippen LogP contribution in [0.25, 0.3) is 0 Å². The number of hydrogen-bond acceptors (Lipinski definition) is 6. The van der Waals surface area contributed by atoms with Gasteiger partial charge in [0, 0.05) is 45.8 Å². The Morgan fingerprint density at radius 2 is 1.76 bits per heavy atom. The van der Waals surface area contributed by atoms with Crippen molar-refractivity contribution in [3.8, 4) is 5.75 Å². The fourth-order valence-electron chi connectivity index (χ4n) is 4.26. The van der Waals surface area contributed by atoms with Gasteiger partial charge >= 0.3 is 0 Å². The molecule has 4 rings (SSSR count). The molecule has 11 heteroatoms. The number of aromatic nitrogens is 2. The van der Waals surface area contributed by atoms with Crippen LogP contribution in [0, 0.1) is 0 Å². The second-order valence-electron chi connectivity index (χ2n) is 8.81. The lowest BCUT2D eigenvalue weighted by molar-refractivity contribution is -0.133. The van der Waals surface area contributed by atoms with Crippen LogP contribution in [0.3, 0.4) is 0 Å². The molecule has 1 atom stereocenters. The smallest absolute Gasteiger partial charge is 0.262 e. The number of benzene rings is 2. The van der Waals surface area contributed by atoms with Crippen LogP contribution in [0.2, 0.25) is 0 Å². The van der Waals surface area contributed by atoms with E-state index in [1.54, 1.807) is 28.6 Å². The number of imidazole rings is 1. The average molecular weight is 526 g/mol. The maximum atomic E-state index is 13.7. The Kier molecular flexibility index (Phi) is 8.57. The zero-order valence-corrected chi connectivity index (χ0v) is 21.5. The van der Waals surface area contributed by atoms with E-state index in [4.69, 9.17) is 4.74 Å². The Morgan fingerprint density at radius 3 is 2.43 bits per heavy atom. The number of sulfonamides is 1. The molecule has 1 saturated heterocycles. The third-order valence-corrected chi connectivity index (χ3v) is 7.93. The Bertz CT molecular complexity index is 1300. The summed E-state index contributed by atoms with van der Waals surface area (Å²) in [4.78, 5) is 31.5. The summed E-state index contributed by atoms with van der Waals surface area (Å²) in [6, 6.07) is 17.4. The standard InChI is InChI=1S/C26H31N5O5S/c1-29-18-25(28-20-29)37(34,35)31-15-8-14-30(26(33)19-36-22-11-6-3-7-12-22)16-13-27-24(32)17-23(31)21-9-4-2-5-10-21/h2-7,9-12,18,20,23H,8,13-17,19H2,1H3,(H,27,32). The highest BCUT2D eigenvalue weighted by atomic mass is 32.2. The summed E-state index contributed by atoms with van der Waals surface area (Å²) in [6.45, 7) is 0.814. The van der Waals surface area contributed by atoms with E-state index in [1.807, 2.05) is 48.5 Å². The molecule has 1 unspecified atom stereocenters. The maximum absolute atomic E-state index is 13.7. The third kappa shape index (κ3) is 6.75. The molecular weight excluding hydrogens is 494 g/mol. The number of aryl methyl sites for hydroxylation is 1. The van der Waals surface area contributed by atoms with Gasteiger partial charge in [0.25, 0.3) is 15.9 Å². The zero-order chi connectivity index (χ0) is 26.3. The van der Waals surface area contributed by atoms with Gasteiger partial charge in [-0.15, -0.1) is 0 Å². The van der Waals surface area contributed by atoms with Gasteiger partial charge in [0.1, 0.15) is 5.75 Å². The first kappa shape index (κ1) is 26.4. The molecule has 0 radical (unpaired) electrons. The van der Waals surface area contributed by atoms with E-state index in [0.717, 1.165) is 0 Å². The van der Waals surface area contributed by atoms with Crippen LogP contribution in [0.1, 0.15) is 24.4 Å². The summed E-state index contributed by atoms with van der Waals surface area (Å²) in [5.74, 6) is 0.0429. The van der Waals surface area contributed by atoms with Crippen molar-refractivity contribution in [2.24, 2.45) is 7.05 Å². The van der Waals surface area contributed by atoms with Gasteiger partial charge in [-0.1, -0.05) is 48.5 Å². The normalized spacial score (nSPS) is 18.0. The van der Waals surface area contributed by atoms with E-state index in [0.29, 0.717) is 30.8 Å². The molecule has 0 bridgehead atoms. The summed E-state index contributed by atoms with van der Waals surface area (Å²) in [6.07, 6.45) is 3.19. The molecule has 1 N–H and O–H groups in total. The first-order chi connectivity index (χ1) is 17.8. The molecule has 0 saturated carbocycles. The van der Waals surface area contributed by atoms with Gasteiger partial charge in [0.2, 0.25) is 5.91 Å². The molecule has 3 aromatic rings. The van der Waals surface area contributed by atoms with Crippen molar-refractivity contribution in [2.45, 2.75) is 23.9 Å². The van der Waals surface area contributed by atoms with E-state index in [2.05, 4.69) is 10.3 Å². The Hall–Kier alpha value is -3.70. The molecule has 0 aliphatic carbocycles. The first-order valence-electron chi connectivity index (χ1n) is 12.1. The van der Waals surface area contributed by atoms with Crippen molar-refractivity contribution in [1.29, 1.82) is 0 Å². The molecule has 2 heterocycles. The fourth-order valence-corrected chi connectivity index (χ4v) is 5.88. The number of nitrogens with one attached hydrogen (secondary N) is 1. The van der Waals surface area contributed by atoms with Crippen LogP contribution in [-0.2, 0) is 26.7 Å². The van der Waals surface area contributed by atoms with Crippen LogP contribution >= 0.6 is 0 Å². The second-order valence-corrected chi connectivity index (χ2v) is 10.6. The summed E-state index contributed by atoms with van der Waals surface area (Å²) in [5.41, 5.74) is 0.709. The molecule has 37 heavy (non-hydrogen) atoms. The minimum absolute atomic E-state index is 0.0544. The van der Waals surface area contributed by atoms with Gasteiger partial charge in [-0.2, -0.15) is 4.31 Å². The highest BCUT2D eigenvalue weighted by molar-refractivity contribution is 7.89. The molecule has 1 aliphatic heterocycles. The van der Waals surface area contributed by atoms with Crippen molar-refractivity contribution >= 4 is 21.8 Å². The molecule has 10 nitrogen and oxygen atoms in total. The van der Waals surface area contributed by atoms with Crippen molar-refractivity contribution in [3.05, 3.63) is 78.8 Å². The molecular formula is C26H31N5O5S. The molecule has 1 aromatic heterocycles. The predicted molar refractivity (Wildman–Crippen MR) is 137 cm³/mol. The molecule has 1 fully saturated rings. The number of carbonyl (C=O) groups excluding carboxylic acids is 2. The average Bonchev–Trinajstić information content (AvgIpc) is 3.34. The van der Waals surface area contributed by atoms with Gasteiger partial charge in [0.05, 0.1) is 12.4 Å². The number of rotatable bonds is 6. The van der Waals surface area contributed by atoms with Crippen molar-refractivity contribution in [1.82, 2.24) is 24.1 Å². The first-order valence-corrected chi connectivity index (χ1v) is 13.6. The SMILES string of the molecule is Cn1cnc(S(=O)(=O)N2CCCN(C(=O)COc3ccccc3)CCNC(=O)CC2c2ccccc2)c1. The van der Waals surface area contributed by atoms with Gasteiger partial charge in [-0.05, 0) is 24.1 Å². The second kappa shape index (κ2) is 12.0. The number of ether oxygens (including phenoxy) is 1. The lowest BCUT2D eigenvalue weighted by atomic mass is 10.0. The Balaban J connectivity index is 1.58. The lowest BCUT2D eigenvalue weighted by Gasteiger charge is -2.30. The topological polar surface area (TPSA) is 114 Å². The summed E-state index contributed by atoms with van der Waals surface area (Å²) < 4.78 is 36.0. The summed E-state index contributed by atoms with van der Waals surface area (Å²) >= 11 is 0. The zero-order valence-electron chi connectivity index (χ0n) is 20.7.